The van der Waals surface area contributed by atoms with Crippen LogP contribution in [0.5, 0.6) is 5.75 Å². The molecule has 0 aromatic heterocycles. The van der Waals surface area contributed by atoms with Gasteiger partial charge in [0.2, 0.25) is 0 Å². The van der Waals surface area contributed by atoms with Gasteiger partial charge in [0.25, 0.3) is 0 Å². The third-order valence-electron chi connectivity index (χ3n) is 3.05. The number of nitrogens with one attached hydrogen (secondary N) is 1. The summed E-state index contributed by atoms with van der Waals surface area (Å²) < 4.78 is 10.3. The number of ether oxygens (including phenoxy) is 2. The number of hydrogen-bond donors (Lipinski definition) is 1. The number of carbonyl (C=O) groups is 1. The third-order valence-corrected chi connectivity index (χ3v) is 3.05. The van der Waals surface area contributed by atoms with Gasteiger partial charge in [0.15, 0.2) is 0 Å². The van der Waals surface area contributed by atoms with E-state index < -0.39 is 5.54 Å². The van der Waals surface area contributed by atoms with Crippen molar-refractivity contribution in [3.8, 4) is 5.75 Å². The monoisotopic (exact) mass is 279 g/mol. The highest BCUT2D eigenvalue weighted by molar-refractivity contribution is 5.84. The Morgan fingerprint density at radius 2 is 1.90 bits per heavy atom. The first-order valence-corrected chi connectivity index (χ1v) is 7.00. The molecule has 20 heavy (non-hydrogen) atoms. The summed E-state index contributed by atoms with van der Waals surface area (Å²) in [5, 5.41) is 3.29. The molecular weight excluding hydrogens is 254 g/mol. The van der Waals surface area contributed by atoms with Crippen LogP contribution in [-0.4, -0.2) is 25.2 Å². The number of anilines is 1. The van der Waals surface area contributed by atoms with E-state index in [4.69, 9.17) is 9.47 Å². The molecule has 0 aliphatic carbocycles. The van der Waals surface area contributed by atoms with E-state index in [0.29, 0.717) is 18.9 Å². The number of esters is 1. The second-order valence-corrected chi connectivity index (χ2v) is 5.50. The lowest BCUT2D eigenvalue weighted by Gasteiger charge is -2.31. The van der Waals surface area contributed by atoms with E-state index in [1.54, 1.807) is 7.11 Å². The first kappa shape index (κ1) is 16.3. The van der Waals surface area contributed by atoms with Gasteiger partial charge < -0.3 is 14.8 Å². The fraction of sp³-hybridized carbons (Fsp3) is 0.562. The van der Waals surface area contributed by atoms with Crippen LogP contribution < -0.4 is 10.1 Å². The van der Waals surface area contributed by atoms with Crippen molar-refractivity contribution in [2.24, 2.45) is 5.92 Å². The molecule has 1 aromatic rings. The Morgan fingerprint density at radius 3 is 2.35 bits per heavy atom. The molecule has 1 unspecified atom stereocenters. The molecule has 0 amide bonds. The van der Waals surface area contributed by atoms with E-state index in [2.05, 4.69) is 19.2 Å². The van der Waals surface area contributed by atoms with E-state index in [1.165, 1.54) is 0 Å². The predicted molar refractivity (Wildman–Crippen MR) is 81.1 cm³/mol. The molecule has 4 nitrogen and oxygen atoms in total. The van der Waals surface area contributed by atoms with E-state index in [0.717, 1.165) is 11.4 Å². The highest BCUT2D eigenvalue weighted by Gasteiger charge is 2.35. The van der Waals surface area contributed by atoms with Gasteiger partial charge in [-0.05, 0) is 50.5 Å². The maximum Gasteiger partial charge on any atom is 0.331 e. The van der Waals surface area contributed by atoms with Gasteiger partial charge in [0.1, 0.15) is 11.3 Å². The topological polar surface area (TPSA) is 47.6 Å². The van der Waals surface area contributed by atoms with Crippen LogP contribution in [0.2, 0.25) is 0 Å². The van der Waals surface area contributed by atoms with Gasteiger partial charge in [0, 0.05) is 5.69 Å². The first-order chi connectivity index (χ1) is 9.41. The van der Waals surface area contributed by atoms with E-state index in [1.807, 2.05) is 38.1 Å². The molecule has 0 fully saturated rings. The van der Waals surface area contributed by atoms with Gasteiger partial charge in [-0.3, -0.25) is 0 Å². The smallest absolute Gasteiger partial charge is 0.331 e. The summed E-state index contributed by atoms with van der Waals surface area (Å²) in [6, 6.07) is 7.53. The summed E-state index contributed by atoms with van der Waals surface area (Å²) in [6.45, 7) is 8.27. The van der Waals surface area contributed by atoms with Gasteiger partial charge in [-0.25, -0.2) is 4.79 Å². The fourth-order valence-electron chi connectivity index (χ4n) is 2.29. The van der Waals surface area contributed by atoms with E-state index in [-0.39, 0.29) is 5.97 Å². The summed E-state index contributed by atoms with van der Waals surface area (Å²) in [5.74, 6) is 0.955. The van der Waals surface area contributed by atoms with Crippen molar-refractivity contribution in [1.82, 2.24) is 0 Å². The zero-order valence-electron chi connectivity index (χ0n) is 13.0. The summed E-state index contributed by atoms with van der Waals surface area (Å²) in [5.41, 5.74) is 0.153. The van der Waals surface area contributed by atoms with E-state index >= 15 is 0 Å². The molecule has 0 bridgehead atoms. The molecule has 0 aliphatic rings. The second-order valence-electron chi connectivity index (χ2n) is 5.50. The fourth-order valence-corrected chi connectivity index (χ4v) is 2.29. The standard InChI is InChI=1S/C16H25NO3/c1-6-20-15(18)16(4,11-12(2)3)17-13-7-9-14(19-5)10-8-13/h7-10,12,17H,6,11H2,1-5H3. The van der Waals surface area contributed by atoms with Crippen molar-refractivity contribution in [2.45, 2.75) is 39.7 Å². The van der Waals surface area contributed by atoms with Crippen LogP contribution in [0.25, 0.3) is 0 Å². The number of benzene rings is 1. The summed E-state index contributed by atoms with van der Waals surface area (Å²) in [4.78, 5) is 12.2. The molecule has 112 valence electrons. The molecule has 1 atom stereocenters. The first-order valence-electron chi connectivity index (χ1n) is 7.00. The Kier molecular flexibility index (Phi) is 5.86. The molecule has 0 saturated carbocycles. The van der Waals surface area contributed by atoms with Gasteiger partial charge >= 0.3 is 5.97 Å². The SMILES string of the molecule is CCOC(=O)C(C)(CC(C)C)Nc1ccc(OC)cc1. The maximum atomic E-state index is 12.2. The zero-order chi connectivity index (χ0) is 15.2. The second kappa shape index (κ2) is 7.17. The lowest BCUT2D eigenvalue weighted by molar-refractivity contribution is -0.148. The number of methoxy groups -OCH3 is 1. The summed E-state index contributed by atoms with van der Waals surface area (Å²) in [7, 11) is 1.63. The van der Waals surface area contributed by atoms with Crippen molar-refractivity contribution in [2.75, 3.05) is 19.0 Å². The van der Waals surface area contributed by atoms with Crippen LogP contribution in [-0.2, 0) is 9.53 Å². The molecule has 0 radical (unpaired) electrons. The normalized spacial score (nSPS) is 13.7. The lowest BCUT2D eigenvalue weighted by Crippen LogP contribution is -2.45. The Bertz CT molecular complexity index is 428. The van der Waals surface area contributed by atoms with Crippen LogP contribution >= 0.6 is 0 Å². The van der Waals surface area contributed by atoms with Gasteiger partial charge in [-0.1, -0.05) is 13.8 Å². The molecule has 0 aliphatic heterocycles. The molecular formula is C16H25NO3. The van der Waals surface area contributed by atoms with Gasteiger partial charge in [0.05, 0.1) is 13.7 Å². The molecule has 1 rings (SSSR count). The largest absolute Gasteiger partial charge is 0.497 e. The molecule has 1 aromatic carbocycles. The molecule has 0 spiro atoms. The minimum absolute atomic E-state index is 0.218. The Hall–Kier alpha value is -1.71. The minimum atomic E-state index is -0.723. The highest BCUT2D eigenvalue weighted by atomic mass is 16.5. The Morgan fingerprint density at radius 1 is 1.30 bits per heavy atom. The highest BCUT2D eigenvalue weighted by Crippen LogP contribution is 2.25. The average Bonchev–Trinajstić information content (AvgIpc) is 2.39. The van der Waals surface area contributed by atoms with Crippen LogP contribution in [0, 0.1) is 5.92 Å². The number of rotatable bonds is 7. The van der Waals surface area contributed by atoms with Crippen LogP contribution in [0.4, 0.5) is 5.69 Å². The Labute approximate surface area is 121 Å². The molecule has 4 heteroatoms. The Balaban J connectivity index is 2.90. The van der Waals surface area contributed by atoms with Crippen molar-refractivity contribution in [3.63, 3.8) is 0 Å². The molecule has 0 saturated heterocycles. The summed E-state index contributed by atoms with van der Waals surface area (Å²) >= 11 is 0. The van der Waals surface area contributed by atoms with Crippen molar-refractivity contribution in [3.05, 3.63) is 24.3 Å². The van der Waals surface area contributed by atoms with Gasteiger partial charge in [-0.2, -0.15) is 0 Å². The number of carbonyl (C=O) groups excluding carboxylic acids is 1. The van der Waals surface area contributed by atoms with Crippen molar-refractivity contribution < 1.29 is 14.3 Å². The third kappa shape index (κ3) is 4.44. The maximum absolute atomic E-state index is 12.2. The van der Waals surface area contributed by atoms with Crippen molar-refractivity contribution in [1.29, 1.82) is 0 Å². The average molecular weight is 279 g/mol. The summed E-state index contributed by atoms with van der Waals surface area (Å²) in [6.07, 6.45) is 0.706. The van der Waals surface area contributed by atoms with Crippen LogP contribution in [0.15, 0.2) is 24.3 Å². The quantitative estimate of drug-likeness (QED) is 0.776. The van der Waals surface area contributed by atoms with Crippen LogP contribution in [0.1, 0.15) is 34.1 Å². The predicted octanol–water partition coefficient (Wildman–Crippen LogP) is 3.48. The minimum Gasteiger partial charge on any atom is -0.497 e. The van der Waals surface area contributed by atoms with Crippen molar-refractivity contribution >= 4 is 11.7 Å². The number of hydrogen-bond acceptors (Lipinski definition) is 4. The van der Waals surface area contributed by atoms with Gasteiger partial charge in [-0.15, -0.1) is 0 Å². The van der Waals surface area contributed by atoms with E-state index in [9.17, 15) is 4.79 Å². The molecule has 1 N–H and O–H groups in total. The zero-order valence-corrected chi connectivity index (χ0v) is 13.0. The molecule has 0 heterocycles. The van der Waals surface area contributed by atoms with Crippen LogP contribution in [0.3, 0.4) is 0 Å². The lowest BCUT2D eigenvalue weighted by atomic mass is 9.90.